The number of nitrogens with two attached hydrogens (primary N) is 1. The summed E-state index contributed by atoms with van der Waals surface area (Å²) in [5, 5.41) is 3.43. The minimum Gasteiger partial charge on any atom is -0.360 e. The molecule has 1 aliphatic carbocycles. The van der Waals surface area contributed by atoms with Gasteiger partial charge in [0, 0.05) is 32.6 Å². The Kier molecular flexibility index (Phi) is 8.85. The summed E-state index contributed by atoms with van der Waals surface area (Å²) in [7, 11) is 0. The number of piperazine rings is 1. The van der Waals surface area contributed by atoms with Gasteiger partial charge in [-0.3, -0.25) is 4.79 Å². The van der Waals surface area contributed by atoms with E-state index < -0.39 is 0 Å². The van der Waals surface area contributed by atoms with Crippen LogP contribution in [0.1, 0.15) is 38.5 Å². The third-order valence-corrected chi connectivity index (χ3v) is 6.25. The number of thiophene rings is 1. The highest BCUT2D eigenvalue weighted by Crippen LogP contribution is 2.38. The number of amides is 1. The highest BCUT2D eigenvalue weighted by molar-refractivity contribution is 7.14. The van der Waals surface area contributed by atoms with Crippen molar-refractivity contribution in [1.29, 1.82) is 0 Å². The summed E-state index contributed by atoms with van der Waals surface area (Å²) >= 11 is 1.78. The summed E-state index contributed by atoms with van der Waals surface area (Å²) in [6, 6.07) is 4.25. The van der Waals surface area contributed by atoms with E-state index in [-0.39, 0.29) is 30.2 Å². The molecule has 2 heterocycles. The van der Waals surface area contributed by atoms with Crippen LogP contribution in [-0.2, 0) is 4.79 Å². The van der Waals surface area contributed by atoms with Crippen LogP contribution in [0.25, 0.3) is 0 Å². The summed E-state index contributed by atoms with van der Waals surface area (Å²) in [5.41, 5.74) is 6.11. The summed E-state index contributed by atoms with van der Waals surface area (Å²) < 4.78 is 0. The number of carbonyl (C=O) groups excluding carboxylic acids is 1. The lowest BCUT2D eigenvalue weighted by Crippen LogP contribution is -2.50. The quantitative estimate of drug-likeness (QED) is 0.850. The molecule has 0 spiro atoms. The van der Waals surface area contributed by atoms with Crippen molar-refractivity contribution < 1.29 is 4.79 Å². The number of hydrogen-bond donors (Lipinski definition) is 1. The smallest absolute Gasteiger partial charge is 0.223 e. The number of carbonyl (C=O) groups is 1. The molecule has 24 heavy (non-hydrogen) atoms. The number of rotatable bonds is 4. The van der Waals surface area contributed by atoms with Crippen molar-refractivity contribution in [2.75, 3.05) is 37.6 Å². The zero-order valence-corrected chi connectivity index (χ0v) is 16.6. The zero-order valence-electron chi connectivity index (χ0n) is 14.1. The fourth-order valence-electron chi connectivity index (χ4n) is 3.81. The second-order valence-electron chi connectivity index (χ2n) is 6.76. The summed E-state index contributed by atoms with van der Waals surface area (Å²) in [6.07, 6.45) is 6.68. The molecule has 0 atom stereocenters. The Morgan fingerprint density at radius 1 is 1.12 bits per heavy atom. The monoisotopic (exact) mass is 393 g/mol. The van der Waals surface area contributed by atoms with Crippen LogP contribution in [0.3, 0.4) is 0 Å². The lowest BCUT2D eigenvalue weighted by atomic mass is 9.71. The first-order valence-corrected chi connectivity index (χ1v) is 9.37. The minimum atomic E-state index is 0. The first-order valence-electron chi connectivity index (χ1n) is 8.49. The molecule has 4 nitrogen and oxygen atoms in total. The first kappa shape index (κ1) is 21.6. The Labute approximate surface area is 161 Å². The van der Waals surface area contributed by atoms with Gasteiger partial charge in [-0.05, 0) is 42.3 Å². The molecule has 0 bridgehead atoms. The highest BCUT2D eigenvalue weighted by atomic mass is 35.5. The van der Waals surface area contributed by atoms with Crippen molar-refractivity contribution in [2.45, 2.75) is 38.5 Å². The Bertz CT molecular complexity index is 484. The SMILES string of the molecule is Cl.Cl.NCC1(CC(=O)N2CCN(c3cccs3)CC2)CCCCC1. The van der Waals surface area contributed by atoms with E-state index in [1.165, 1.54) is 24.3 Å². The van der Waals surface area contributed by atoms with Gasteiger partial charge < -0.3 is 15.5 Å². The molecular weight excluding hydrogens is 365 g/mol. The van der Waals surface area contributed by atoms with Crippen molar-refractivity contribution in [3.05, 3.63) is 17.5 Å². The highest BCUT2D eigenvalue weighted by Gasteiger charge is 2.35. The van der Waals surface area contributed by atoms with Gasteiger partial charge in [0.25, 0.3) is 0 Å². The van der Waals surface area contributed by atoms with Crippen LogP contribution in [-0.4, -0.2) is 43.5 Å². The van der Waals surface area contributed by atoms with Crippen molar-refractivity contribution in [3.8, 4) is 0 Å². The van der Waals surface area contributed by atoms with Crippen molar-refractivity contribution >= 4 is 47.1 Å². The van der Waals surface area contributed by atoms with E-state index in [0.29, 0.717) is 18.9 Å². The number of halogens is 2. The molecule has 2 N–H and O–H groups in total. The Balaban J connectivity index is 0.00000144. The fraction of sp³-hybridized carbons (Fsp3) is 0.706. The number of nitrogens with zero attached hydrogens (tertiary/aromatic N) is 2. The van der Waals surface area contributed by atoms with Crippen LogP contribution >= 0.6 is 36.2 Å². The predicted molar refractivity (Wildman–Crippen MR) is 107 cm³/mol. The topological polar surface area (TPSA) is 49.6 Å². The van der Waals surface area contributed by atoms with Gasteiger partial charge in [0.1, 0.15) is 0 Å². The van der Waals surface area contributed by atoms with E-state index in [1.54, 1.807) is 11.3 Å². The van der Waals surface area contributed by atoms with E-state index in [2.05, 4.69) is 27.3 Å². The van der Waals surface area contributed by atoms with E-state index in [9.17, 15) is 4.79 Å². The van der Waals surface area contributed by atoms with Crippen LogP contribution in [0.2, 0.25) is 0 Å². The number of hydrogen-bond acceptors (Lipinski definition) is 4. The van der Waals surface area contributed by atoms with E-state index in [0.717, 1.165) is 39.0 Å². The predicted octanol–water partition coefficient (Wildman–Crippen LogP) is 3.54. The van der Waals surface area contributed by atoms with Crippen molar-refractivity contribution in [1.82, 2.24) is 4.90 Å². The third kappa shape index (κ3) is 5.01. The molecule has 1 aliphatic heterocycles. The maximum absolute atomic E-state index is 12.7. The van der Waals surface area contributed by atoms with Crippen LogP contribution < -0.4 is 10.6 Å². The van der Waals surface area contributed by atoms with E-state index in [4.69, 9.17) is 5.73 Å². The van der Waals surface area contributed by atoms with Gasteiger partial charge in [0.2, 0.25) is 5.91 Å². The molecular formula is C17H29Cl2N3OS. The molecule has 138 valence electrons. The maximum Gasteiger partial charge on any atom is 0.223 e. The molecule has 7 heteroatoms. The molecule has 1 amide bonds. The van der Waals surface area contributed by atoms with Crippen molar-refractivity contribution in [3.63, 3.8) is 0 Å². The second-order valence-corrected chi connectivity index (χ2v) is 7.69. The Morgan fingerprint density at radius 2 is 1.79 bits per heavy atom. The lowest BCUT2D eigenvalue weighted by molar-refractivity contribution is -0.134. The van der Waals surface area contributed by atoms with Crippen LogP contribution in [0, 0.1) is 5.41 Å². The van der Waals surface area contributed by atoms with Crippen LogP contribution in [0.15, 0.2) is 17.5 Å². The molecule has 3 rings (SSSR count). The van der Waals surface area contributed by atoms with E-state index >= 15 is 0 Å². The molecule has 2 fully saturated rings. The molecule has 0 unspecified atom stereocenters. The third-order valence-electron chi connectivity index (χ3n) is 5.32. The van der Waals surface area contributed by atoms with Gasteiger partial charge in [-0.25, -0.2) is 0 Å². The molecule has 0 aromatic carbocycles. The van der Waals surface area contributed by atoms with Gasteiger partial charge >= 0.3 is 0 Å². The Morgan fingerprint density at radius 3 is 2.33 bits per heavy atom. The summed E-state index contributed by atoms with van der Waals surface area (Å²) in [4.78, 5) is 17.1. The molecule has 1 aromatic rings. The molecule has 2 aliphatic rings. The normalized spacial score (nSPS) is 20.0. The Hall–Kier alpha value is -0.490. The average molecular weight is 394 g/mol. The summed E-state index contributed by atoms with van der Waals surface area (Å²) in [5.74, 6) is 0.318. The maximum atomic E-state index is 12.7. The van der Waals surface area contributed by atoms with Gasteiger partial charge in [0.15, 0.2) is 0 Å². The van der Waals surface area contributed by atoms with Gasteiger partial charge in [-0.15, -0.1) is 36.2 Å². The first-order chi connectivity index (χ1) is 10.7. The van der Waals surface area contributed by atoms with Gasteiger partial charge in [0.05, 0.1) is 5.00 Å². The van der Waals surface area contributed by atoms with E-state index in [1.807, 2.05) is 0 Å². The minimum absolute atomic E-state index is 0. The molecule has 1 aromatic heterocycles. The number of anilines is 1. The fourth-order valence-corrected chi connectivity index (χ4v) is 4.60. The lowest BCUT2D eigenvalue weighted by Gasteiger charge is -2.40. The van der Waals surface area contributed by atoms with Crippen LogP contribution in [0.5, 0.6) is 0 Å². The van der Waals surface area contributed by atoms with Gasteiger partial charge in [-0.1, -0.05) is 19.3 Å². The standard InChI is InChI=1S/C17H27N3OS.2ClH/c18-14-17(6-2-1-3-7-17)13-15(21)19-8-10-20(11-9-19)16-5-4-12-22-16;;/h4-5,12H,1-3,6-11,13-14,18H2;2*1H. The van der Waals surface area contributed by atoms with Crippen molar-refractivity contribution in [2.24, 2.45) is 11.1 Å². The van der Waals surface area contributed by atoms with Gasteiger partial charge in [-0.2, -0.15) is 0 Å². The van der Waals surface area contributed by atoms with Crippen LogP contribution in [0.4, 0.5) is 5.00 Å². The second kappa shape index (κ2) is 9.85. The average Bonchev–Trinajstić information content (AvgIpc) is 3.10. The zero-order chi connectivity index (χ0) is 15.4. The molecule has 1 saturated heterocycles. The molecule has 0 radical (unpaired) electrons. The largest absolute Gasteiger partial charge is 0.360 e. The molecule has 1 saturated carbocycles. The summed E-state index contributed by atoms with van der Waals surface area (Å²) in [6.45, 7) is 4.24.